The van der Waals surface area contributed by atoms with Crippen molar-refractivity contribution in [3.8, 4) is 0 Å². The first-order valence-corrected chi connectivity index (χ1v) is 7.03. The maximum Gasteiger partial charge on any atom is 0.276 e. The molecular formula is C14H16N4O4. The summed E-state index contributed by atoms with van der Waals surface area (Å²) >= 11 is 0. The lowest BCUT2D eigenvalue weighted by Gasteiger charge is -2.22. The summed E-state index contributed by atoms with van der Waals surface area (Å²) in [6.07, 6.45) is 3.33. The fraction of sp³-hybridized carbons (Fsp3) is 0.429. The summed E-state index contributed by atoms with van der Waals surface area (Å²) in [4.78, 5) is 32.0. The number of aromatic amines is 1. The van der Waals surface area contributed by atoms with Crippen LogP contribution in [-0.2, 0) is 11.2 Å². The molecule has 1 aliphatic rings. The fourth-order valence-electron chi connectivity index (χ4n) is 2.49. The van der Waals surface area contributed by atoms with Crippen LogP contribution < -0.4 is 5.56 Å². The Kier molecular flexibility index (Phi) is 4.29. The van der Waals surface area contributed by atoms with Gasteiger partial charge in [-0.2, -0.15) is 0 Å². The maximum atomic E-state index is 12.3. The lowest BCUT2D eigenvalue weighted by molar-refractivity contribution is 0.0727. The van der Waals surface area contributed by atoms with Crippen LogP contribution in [0.4, 0.5) is 0 Å². The summed E-state index contributed by atoms with van der Waals surface area (Å²) < 4.78 is 10.3. The molecule has 0 radical (unpaired) electrons. The highest BCUT2D eigenvalue weighted by Crippen LogP contribution is 2.14. The molecule has 0 aliphatic carbocycles. The van der Waals surface area contributed by atoms with Crippen molar-refractivity contribution in [3.05, 3.63) is 46.5 Å². The molecule has 1 saturated heterocycles. The van der Waals surface area contributed by atoms with Crippen molar-refractivity contribution in [2.24, 2.45) is 5.92 Å². The Morgan fingerprint density at radius 1 is 1.50 bits per heavy atom. The highest BCUT2D eigenvalue weighted by molar-refractivity contribution is 5.92. The monoisotopic (exact) mass is 304 g/mol. The normalized spacial score (nSPS) is 18.9. The van der Waals surface area contributed by atoms with Crippen LogP contribution in [-0.4, -0.2) is 52.2 Å². The van der Waals surface area contributed by atoms with E-state index in [-0.39, 0.29) is 23.1 Å². The van der Waals surface area contributed by atoms with Gasteiger partial charge in [-0.15, -0.1) is 0 Å². The highest BCUT2D eigenvalue weighted by atomic mass is 16.5. The Hall–Kier alpha value is -2.48. The Bertz CT molecular complexity index is 682. The molecule has 1 fully saturated rings. The first-order chi connectivity index (χ1) is 10.7. The molecule has 1 aliphatic heterocycles. The van der Waals surface area contributed by atoms with Crippen LogP contribution in [0, 0.1) is 5.92 Å². The van der Waals surface area contributed by atoms with Crippen molar-refractivity contribution in [2.75, 3.05) is 26.3 Å². The molecule has 8 heteroatoms. The molecule has 3 heterocycles. The summed E-state index contributed by atoms with van der Waals surface area (Å²) in [5, 5.41) is 3.68. The number of nitrogens with one attached hydrogen (secondary N) is 1. The predicted octanol–water partition coefficient (Wildman–Crippen LogP) is 0.0892. The molecule has 2 aromatic heterocycles. The van der Waals surface area contributed by atoms with Crippen LogP contribution in [0.1, 0.15) is 16.2 Å². The van der Waals surface area contributed by atoms with E-state index in [2.05, 4.69) is 15.1 Å². The molecule has 1 unspecified atom stereocenters. The Balaban J connectivity index is 1.70. The van der Waals surface area contributed by atoms with Gasteiger partial charge in [0.05, 0.1) is 19.5 Å². The van der Waals surface area contributed by atoms with E-state index in [1.165, 1.54) is 18.7 Å². The molecular weight excluding hydrogens is 288 g/mol. The number of nitrogens with zero attached hydrogens (tertiary/aromatic N) is 3. The Morgan fingerprint density at radius 3 is 3.18 bits per heavy atom. The van der Waals surface area contributed by atoms with E-state index in [1.807, 2.05) is 0 Å². The van der Waals surface area contributed by atoms with Crippen molar-refractivity contribution >= 4 is 5.91 Å². The van der Waals surface area contributed by atoms with E-state index in [0.29, 0.717) is 38.4 Å². The van der Waals surface area contributed by atoms with E-state index in [0.717, 1.165) is 0 Å². The number of hydrogen-bond donors (Lipinski definition) is 1. The van der Waals surface area contributed by atoms with E-state index < -0.39 is 0 Å². The van der Waals surface area contributed by atoms with Gasteiger partial charge < -0.3 is 19.1 Å². The minimum Gasteiger partial charge on any atom is -0.379 e. The smallest absolute Gasteiger partial charge is 0.276 e. The lowest BCUT2D eigenvalue weighted by atomic mass is 10.0. The highest BCUT2D eigenvalue weighted by Gasteiger charge is 2.25. The van der Waals surface area contributed by atoms with E-state index in [4.69, 9.17) is 9.26 Å². The van der Waals surface area contributed by atoms with Gasteiger partial charge in [-0.05, 0) is 6.42 Å². The van der Waals surface area contributed by atoms with Gasteiger partial charge in [0.25, 0.3) is 11.5 Å². The van der Waals surface area contributed by atoms with Gasteiger partial charge in [-0.1, -0.05) is 5.16 Å². The van der Waals surface area contributed by atoms with Crippen LogP contribution in [0.15, 0.2) is 34.0 Å². The maximum absolute atomic E-state index is 12.3. The standard InChI is InChI=1S/C14H16N4O4/c19-13-6-11(15-9-16-13)5-10-7-18(2-4-21-8-10)14(20)12-1-3-22-17-12/h1,3,6,9-10H,2,4-5,7-8H2,(H,15,16,19). The van der Waals surface area contributed by atoms with E-state index in [9.17, 15) is 9.59 Å². The Labute approximate surface area is 126 Å². The molecule has 8 nitrogen and oxygen atoms in total. The number of H-pyrrole nitrogens is 1. The van der Waals surface area contributed by atoms with Crippen LogP contribution in [0.2, 0.25) is 0 Å². The molecule has 0 bridgehead atoms. The molecule has 1 atom stereocenters. The van der Waals surface area contributed by atoms with Crippen LogP contribution in [0.25, 0.3) is 0 Å². The van der Waals surface area contributed by atoms with Crippen molar-refractivity contribution in [3.63, 3.8) is 0 Å². The van der Waals surface area contributed by atoms with Crippen molar-refractivity contribution in [2.45, 2.75) is 6.42 Å². The Morgan fingerprint density at radius 2 is 2.41 bits per heavy atom. The van der Waals surface area contributed by atoms with Crippen LogP contribution in [0.3, 0.4) is 0 Å². The fourth-order valence-corrected chi connectivity index (χ4v) is 2.49. The average molecular weight is 304 g/mol. The molecule has 1 amide bonds. The van der Waals surface area contributed by atoms with Gasteiger partial charge in [-0.3, -0.25) is 9.59 Å². The summed E-state index contributed by atoms with van der Waals surface area (Å²) in [6, 6.07) is 3.01. The number of carbonyl (C=O) groups excluding carboxylic acids is 1. The zero-order chi connectivity index (χ0) is 15.4. The molecule has 0 saturated carbocycles. The van der Waals surface area contributed by atoms with Gasteiger partial charge in [0.15, 0.2) is 5.69 Å². The molecule has 3 rings (SSSR count). The van der Waals surface area contributed by atoms with Crippen molar-refractivity contribution in [1.82, 2.24) is 20.0 Å². The molecule has 2 aromatic rings. The van der Waals surface area contributed by atoms with Gasteiger partial charge in [0.1, 0.15) is 6.26 Å². The minimum atomic E-state index is -0.185. The largest absolute Gasteiger partial charge is 0.379 e. The van der Waals surface area contributed by atoms with Gasteiger partial charge in [-0.25, -0.2) is 4.98 Å². The summed E-state index contributed by atoms with van der Waals surface area (Å²) in [5.74, 6) is -0.101. The second-order valence-corrected chi connectivity index (χ2v) is 5.18. The number of rotatable bonds is 3. The molecule has 22 heavy (non-hydrogen) atoms. The number of ether oxygens (including phenoxy) is 1. The number of hydrogen-bond acceptors (Lipinski definition) is 6. The van der Waals surface area contributed by atoms with Crippen molar-refractivity contribution in [1.29, 1.82) is 0 Å². The van der Waals surface area contributed by atoms with E-state index >= 15 is 0 Å². The summed E-state index contributed by atoms with van der Waals surface area (Å²) in [7, 11) is 0. The number of amides is 1. The van der Waals surface area contributed by atoms with Gasteiger partial charge in [0, 0.05) is 36.8 Å². The second-order valence-electron chi connectivity index (χ2n) is 5.18. The minimum absolute atomic E-state index is 0.0765. The zero-order valence-corrected chi connectivity index (χ0v) is 11.9. The third-order valence-corrected chi connectivity index (χ3v) is 3.51. The van der Waals surface area contributed by atoms with Crippen LogP contribution in [0.5, 0.6) is 0 Å². The van der Waals surface area contributed by atoms with Crippen molar-refractivity contribution < 1.29 is 14.1 Å². The summed E-state index contributed by atoms with van der Waals surface area (Å²) in [6.45, 7) is 2.03. The zero-order valence-electron chi connectivity index (χ0n) is 11.9. The topological polar surface area (TPSA) is 101 Å². The molecule has 0 aromatic carbocycles. The summed E-state index contributed by atoms with van der Waals surface area (Å²) in [5.41, 5.74) is 0.790. The van der Waals surface area contributed by atoms with Gasteiger partial charge in [0.2, 0.25) is 0 Å². The average Bonchev–Trinajstić information content (AvgIpc) is 2.94. The second kappa shape index (κ2) is 6.52. The number of carbonyl (C=O) groups is 1. The third-order valence-electron chi connectivity index (χ3n) is 3.51. The molecule has 0 spiro atoms. The number of aromatic nitrogens is 3. The first-order valence-electron chi connectivity index (χ1n) is 7.03. The van der Waals surface area contributed by atoms with E-state index in [1.54, 1.807) is 11.0 Å². The quantitative estimate of drug-likeness (QED) is 0.862. The lowest BCUT2D eigenvalue weighted by Crippen LogP contribution is -2.36. The third kappa shape index (κ3) is 3.40. The van der Waals surface area contributed by atoms with Crippen LogP contribution >= 0.6 is 0 Å². The molecule has 1 N–H and O–H groups in total. The predicted molar refractivity (Wildman–Crippen MR) is 75.3 cm³/mol. The first kappa shape index (κ1) is 14.5. The SMILES string of the molecule is O=C(c1ccon1)N1CCOCC(Cc2cc(=O)[nH]cn2)C1. The van der Waals surface area contributed by atoms with Gasteiger partial charge >= 0.3 is 0 Å². The molecule has 116 valence electrons.